The average Bonchev–Trinajstić information content (AvgIpc) is 1.58. The molecule has 16 rings (SSSR count). The molecule has 0 radical (unpaired) electrons. The number of phosphoric ester groups is 4. The predicted molar refractivity (Wildman–Crippen MR) is 407 cm³/mol. The van der Waals surface area contributed by atoms with Crippen molar-refractivity contribution in [1.29, 1.82) is 0 Å². The Labute approximate surface area is 716 Å². The number of rotatable bonds is 16. The van der Waals surface area contributed by atoms with Crippen LogP contribution in [0, 0.1) is 0 Å². The van der Waals surface area contributed by atoms with Crippen molar-refractivity contribution in [1.82, 2.24) is 38.9 Å². The number of phosphoric acid groups is 4. The Hall–Kier alpha value is -6.81. The van der Waals surface area contributed by atoms with E-state index in [-0.39, 0.29) is 60.3 Å². The molecule has 7 aromatic rings. The van der Waals surface area contributed by atoms with Crippen LogP contribution < -0.4 is 57.2 Å². The summed E-state index contributed by atoms with van der Waals surface area (Å²) >= 11 is 46.2. The number of aliphatic hydroxyl groups excluding tert-OH is 4. The Morgan fingerprint density at radius 2 is 0.767 bits per heavy atom. The van der Waals surface area contributed by atoms with Gasteiger partial charge in [0.2, 0.25) is 23.4 Å². The lowest BCUT2D eigenvalue weighted by Crippen LogP contribution is -2.46. The summed E-state index contributed by atoms with van der Waals surface area (Å²) in [4.78, 5) is 88.1. The van der Waals surface area contributed by atoms with Crippen molar-refractivity contribution >= 4 is 130 Å². The second kappa shape index (κ2) is 35.7. The minimum atomic E-state index is -4.70. The number of benzene rings is 4. The van der Waals surface area contributed by atoms with Crippen LogP contribution in [-0.2, 0) is 105 Å². The SMILES string of the molecule is O=c1[nH]c(=O)n([C@@H]2O[C@](F)(COP3(=O)OCc4cc(Cl)ccc4O3)C[C@H]2O)cc1Cl.[2H]C([2H])(OP1(=O)OCc2cc(Cl)ccc2O1)[C@]1(F)C[C@@H](O)[C@H](n2cc(Cl)c(=O)[nH]c2=O)O1.[2H]C([2H])(OP1(=O)OCc2cc(Cl)ccc2O1)[C@]1(F)C[C@@H](O)[C@]([2H])(N2C=C(Cl)C(=O)NC2=C)O1.[2H][C@@]1(n2cc(Cl)c(=O)[nH]c2=O)O[C@](F)(COP2(=O)OCc3cc(Cl)ccc3O2)C[C@H]1O. The molecule has 648 valence electrons. The van der Waals surface area contributed by atoms with Gasteiger partial charge in [-0.2, -0.15) is 0 Å². The van der Waals surface area contributed by atoms with Crippen molar-refractivity contribution in [2.24, 2.45) is 0 Å². The minimum absolute atomic E-state index is 0.0278. The molecule has 4 unspecified atom stereocenters. The Balaban J connectivity index is 0.000000144. The zero-order valence-electron chi connectivity index (χ0n) is 65.4. The number of hydrogen-bond acceptors (Lipinski definition) is 32. The van der Waals surface area contributed by atoms with Crippen LogP contribution in [0.5, 0.6) is 23.0 Å². The van der Waals surface area contributed by atoms with Crippen LogP contribution in [0.1, 0.15) is 74.8 Å². The highest BCUT2D eigenvalue weighted by Crippen LogP contribution is 2.60. The largest absolute Gasteiger partial charge is 0.530 e. The van der Waals surface area contributed by atoms with Crippen LogP contribution >= 0.6 is 124 Å². The third kappa shape index (κ3) is 21.1. The van der Waals surface area contributed by atoms with E-state index in [0.29, 0.717) is 56.4 Å². The van der Waals surface area contributed by atoms with Crippen LogP contribution in [0.2, 0.25) is 35.2 Å². The number of H-pyrrole nitrogens is 3. The molecule has 9 aliphatic rings. The van der Waals surface area contributed by atoms with E-state index in [4.69, 9.17) is 174 Å². The van der Waals surface area contributed by atoms with Crippen LogP contribution in [-0.4, -0.2) is 140 Å². The Morgan fingerprint density at radius 1 is 0.458 bits per heavy atom. The van der Waals surface area contributed by atoms with E-state index in [9.17, 15) is 72.2 Å². The molecule has 9 aliphatic heterocycles. The summed E-state index contributed by atoms with van der Waals surface area (Å²) in [5.74, 6) is -13.0. The van der Waals surface area contributed by atoms with Gasteiger partial charge in [0.25, 0.3) is 22.6 Å². The van der Waals surface area contributed by atoms with Crippen molar-refractivity contribution in [3.8, 4) is 23.0 Å². The van der Waals surface area contributed by atoms with E-state index < -0.39 is 211 Å². The molecule has 16 atom stereocenters. The van der Waals surface area contributed by atoms with Gasteiger partial charge in [0, 0.05) is 92.8 Å². The van der Waals surface area contributed by atoms with E-state index in [0.717, 1.165) is 29.4 Å². The molecular weight excluding hydrogens is 1870 g/mol. The van der Waals surface area contributed by atoms with Crippen molar-refractivity contribution in [2.45, 2.75) is 125 Å². The standard InChI is InChI=1S/C17H16Cl2FN2O7P.3C16H14Cl2FN2O8P/c1-9-21-15(24)12(19)6-22(9)16-13(23)5-17(20,28-16)8-27-30(25)26-7-10-4-11(18)2-3-14(10)29-30;3*17-9-1-2-12-8(3-9)6-26-30(25,29-12)27-7-16(19)4-11(22)14(28-16)21-5-10(18)13(23)20-15(21)24/h2-4,6,13,16,23H,1,5,7-8H2,(H,21,24);3*1-3,5,11,14,22H,4,6-7H2,(H,20,23,24)/t13-,16-,17+,30?;3*11-,14-,16+,30?/m1111/s1/i8D2,16D;14D;7D2;. The second-order valence-electron chi connectivity index (χ2n) is 25.9. The van der Waals surface area contributed by atoms with E-state index in [1.807, 2.05) is 15.0 Å². The summed E-state index contributed by atoms with van der Waals surface area (Å²) in [6.45, 7) is -6.47. The number of fused-ring (bicyclic) bond motifs is 4. The first-order valence-corrected chi connectivity index (χ1v) is 42.4. The Morgan fingerprint density at radius 3 is 1.17 bits per heavy atom. The summed E-state index contributed by atoms with van der Waals surface area (Å²) in [6.07, 6.45) is -16.1. The van der Waals surface area contributed by atoms with Gasteiger partial charge in [0.1, 0.15) is 99.7 Å². The maximum absolute atomic E-state index is 15.7. The van der Waals surface area contributed by atoms with Gasteiger partial charge >= 0.3 is 48.4 Å². The molecule has 4 fully saturated rings. The van der Waals surface area contributed by atoms with E-state index in [1.54, 1.807) is 6.07 Å². The number of halogens is 12. The number of aromatic nitrogens is 6. The molecule has 0 saturated carbocycles. The van der Waals surface area contributed by atoms with Gasteiger partial charge in [-0.1, -0.05) is 99.4 Å². The van der Waals surface area contributed by atoms with Gasteiger partial charge in [-0.05, 0) is 72.8 Å². The first-order valence-electron chi connectivity index (χ1n) is 36.6. The first-order chi connectivity index (χ1) is 58.5. The number of aromatic amines is 3. The molecular formula is C65H58Cl8F4N8O31P4. The monoisotopic (exact) mass is 1930 g/mol. The molecule has 8 N–H and O–H groups in total. The fraction of sp³-hybridized carbons (Fsp3) is 0.369. The van der Waals surface area contributed by atoms with E-state index >= 15 is 17.6 Å². The number of aliphatic hydroxyl groups is 4. The average molecular weight is 1940 g/mol. The van der Waals surface area contributed by atoms with Gasteiger partial charge in [-0.25, -0.2) is 50.2 Å². The topological polar surface area (TPSA) is 494 Å². The maximum atomic E-state index is 15.7. The van der Waals surface area contributed by atoms with Gasteiger partial charge < -0.3 is 67.7 Å². The number of hydrogen-bond donors (Lipinski definition) is 8. The number of carbonyl (C=O) groups excluding carboxylic acids is 1. The van der Waals surface area contributed by atoms with Gasteiger partial charge in [-0.3, -0.25) is 84.0 Å². The summed E-state index contributed by atoms with van der Waals surface area (Å²) in [5, 5.41) is 43.0. The Kier molecular flexibility index (Phi) is 24.6. The number of nitrogens with zero attached hydrogens (tertiary/aromatic N) is 4. The van der Waals surface area contributed by atoms with Crippen molar-refractivity contribution in [3.05, 3.63) is 235 Å². The zero-order chi connectivity index (χ0) is 92.2. The molecule has 55 heteroatoms. The molecule has 39 nitrogen and oxygen atoms in total. The molecule has 12 heterocycles. The molecule has 3 aromatic heterocycles. The first kappa shape index (κ1) is 82.8. The third-order valence-corrected chi connectivity index (χ3v) is 24.1. The van der Waals surface area contributed by atoms with Crippen LogP contribution in [0.25, 0.3) is 0 Å². The predicted octanol–water partition coefficient (Wildman–Crippen LogP) is 10.7. The number of amides is 1. The lowest BCUT2D eigenvalue weighted by atomic mass is 10.1. The van der Waals surface area contributed by atoms with Gasteiger partial charge in [0.15, 0.2) is 24.9 Å². The quantitative estimate of drug-likeness (QED) is 0.0329. The van der Waals surface area contributed by atoms with E-state index in [2.05, 4.69) is 11.9 Å². The number of alkyl halides is 4. The third-order valence-electron chi connectivity index (χ3n) is 17.1. The molecule has 4 saturated heterocycles. The molecule has 0 spiro atoms. The molecule has 0 aliphatic carbocycles. The van der Waals surface area contributed by atoms with Gasteiger partial charge in [0.05, 0.1) is 34.7 Å². The van der Waals surface area contributed by atoms with Crippen LogP contribution in [0.15, 0.2) is 144 Å². The molecule has 0 bridgehead atoms. The zero-order valence-corrected chi connectivity index (χ0v) is 69.0. The van der Waals surface area contributed by atoms with Gasteiger partial charge in [-0.15, -0.1) is 0 Å². The summed E-state index contributed by atoms with van der Waals surface area (Å²) in [6, 6.07) is 17.5. The van der Waals surface area contributed by atoms with Crippen molar-refractivity contribution < 1.29 is 142 Å². The van der Waals surface area contributed by atoms with Crippen LogP contribution in [0.3, 0.4) is 0 Å². The van der Waals surface area contributed by atoms with Crippen molar-refractivity contribution in [3.63, 3.8) is 0 Å². The summed E-state index contributed by atoms with van der Waals surface area (Å²) in [5.41, 5.74) is -4.04. The highest BCUT2D eigenvalue weighted by atomic mass is 35.5. The number of ether oxygens (including phenoxy) is 4. The lowest BCUT2D eigenvalue weighted by Gasteiger charge is -2.33. The molecule has 120 heavy (non-hydrogen) atoms. The fourth-order valence-corrected chi connectivity index (χ4v) is 17.6. The smallest absolute Gasteiger partial charge is 0.404 e. The second-order valence-corrected chi connectivity index (χ2v) is 35.5. The maximum Gasteiger partial charge on any atom is 0.530 e. The highest BCUT2D eigenvalue weighted by molar-refractivity contribution is 7.49. The number of nitrogens with one attached hydrogen (secondary N) is 4. The summed E-state index contributed by atoms with van der Waals surface area (Å²) in [7, 11) is -17.8. The Bertz CT molecular complexity index is 6190. The minimum Gasteiger partial charge on any atom is -0.404 e. The normalized spacial score (nSPS) is 33.6. The molecule has 1 amide bonds. The highest BCUT2D eigenvalue weighted by Gasteiger charge is 2.56. The molecule has 4 aromatic carbocycles. The lowest BCUT2D eigenvalue weighted by molar-refractivity contribution is -0.184. The fourth-order valence-electron chi connectivity index (χ4n) is 11.5. The van der Waals surface area contributed by atoms with E-state index in [1.165, 1.54) is 66.7 Å². The number of carbonyl (C=O) groups is 1. The van der Waals surface area contributed by atoms with Crippen LogP contribution in [0.4, 0.5) is 17.6 Å². The summed E-state index contributed by atoms with van der Waals surface area (Å²) < 4.78 is 244. The van der Waals surface area contributed by atoms with Crippen molar-refractivity contribution in [2.75, 3.05) is 26.3 Å².